The predicted octanol–water partition coefficient (Wildman–Crippen LogP) is 2.85. The predicted molar refractivity (Wildman–Crippen MR) is 65.2 cm³/mol. The lowest BCUT2D eigenvalue weighted by Gasteiger charge is -2.01. The Labute approximate surface area is 97.0 Å². The highest BCUT2D eigenvalue weighted by Crippen LogP contribution is 2.31. The van der Waals surface area contributed by atoms with Gasteiger partial charge >= 0.3 is 0 Å². The van der Waals surface area contributed by atoms with E-state index < -0.39 is 0 Å². The fourth-order valence-corrected chi connectivity index (χ4v) is 3.06. The second kappa shape index (κ2) is 4.38. The third kappa shape index (κ3) is 2.09. The average Bonchev–Trinajstić information content (AvgIpc) is 2.86. The molecule has 0 radical (unpaired) electrons. The van der Waals surface area contributed by atoms with Gasteiger partial charge in [-0.15, -0.1) is 22.7 Å². The number of nitrogens with two attached hydrogens (primary N) is 1. The number of hydrogen-bond donors (Lipinski definition) is 1. The molecule has 0 saturated heterocycles. The van der Waals surface area contributed by atoms with Crippen molar-refractivity contribution in [3.63, 3.8) is 0 Å². The van der Waals surface area contributed by atoms with Crippen molar-refractivity contribution in [1.82, 2.24) is 9.97 Å². The molecule has 2 N–H and O–H groups in total. The average molecular weight is 239 g/mol. The molecule has 2 aromatic rings. The van der Waals surface area contributed by atoms with Gasteiger partial charge < -0.3 is 5.73 Å². The maximum absolute atomic E-state index is 5.71. The van der Waals surface area contributed by atoms with Crippen molar-refractivity contribution >= 4 is 22.7 Å². The van der Waals surface area contributed by atoms with Crippen LogP contribution in [-0.2, 0) is 6.54 Å². The first kappa shape index (κ1) is 10.7. The maximum atomic E-state index is 5.71. The van der Waals surface area contributed by atoms with Crippen LogP contribution >= 0.6 is 22.7 Å². The van der Waals surface area contributed by atoms with Crippen molar-refractivity contribution in [2.45, 2.75) is 26.3 Å². The first-order valence-electron chi connectivity index (χ1n) is 4.80. The molecule has 2 rings (SSSR count). The van der Waals surface area contributed by atoms with E-state index in [0.29, 0.717) is 12.5 Å². The smallest absolute Gasteiger partial charge is 0.143 e. The monoisotopic (exact) mass is 239 g/mol. The van der Waals surface area contributed by atoms with Gasteiger partial charge in [0.2, 0.25) is 0 Å². The van der Waals surface area contributed by atoms with E-state index in [1.165, 1.54) is 4.88 Å². The van der Waals surface area contributed by atoms with E-state index in [-0.39, 0.29) is 0 Å². The van der Waals surface area contributed by atoms with Gasteiger partial charge in [0.1, 0.15) is 10.7 Å². The Morgan fingerprint density at radius 3 is 2.73 bits per heavy atom. The Balaban J connectivity index is 2.43. The number of thiazole rings is 2. The quantitative estimate of drug-likeness (QED) is 0.896. The Morgan fingerprint density at radius 1 is 1.47 bits per heavy atom. The molecule has 0 saturated carbocycles. The summed E-state index contributed by atoms with van der Waals surface area (Å²) in [5.41, 5.74) is 9.62. The zero-order valence-corrected chi connectivity index (χ0v) is 10.4. The van der Waals surface area contributed by atoms with E-state index in [9.17, 15) is 0 Å². The van der Waals surface area contributed by atoms with E-state index in [0.717, 1.165) is 16.4 Å². The van der Waals surface area contributed by atoms with E-state index in [4.69, 9.17) is 5.73 Å². The lowest BCUT2D eigenvalue weighted by atomic mass is 10.1. The van der Waals surface area contributed by atoms with Gasteiger partial charge in [-0.25, -0.2) is 9.97 Å². The molecule has 0 unspecified atom stereocenters. The largest absolute Gasteiger partial charge is 0.326 e. The Morgan fingerprint density at radius 2 is 2.27 bits per heavy atom. The minimum absolute atomic E-state index is 0.423. The van der Waals surface area contributed by atoms with Crippen molar-refractivity contribution < 1.29 is 0 Å². The molecule has 2 aromatic heterocycles. The van der Waals surface area contributed by atoms with Crippen LogP contribution in [0.2, 0.25) is 0 Å². The fraction of sp³-hybridized carbons (Fsp3) is 0.400. The van der Waals surface area contributed by atoms with Gasteiger partial charge in [0.25, 0.3) is 0 Å². The number of nitrogens with zero attached hydrogens (tertiary/aromatic N) is 2. The van der Waals surface area contributed by atoms with Gasteiger partial charge in [0.15, 0.2) is 0 Å². The van der Waals surface area contributed by atoms with E-state index in [1.54, 1.807) is 22.7 Å². The molecule has 0 aromatic carbocycles. The second-order valence-corrected chi connectivity index (χ2v) is 5.36. The van der Waals surface area contributed by atoms with Gasteiger partial charge in [0.05, 0.1) is 11.2 Å². The van der Waals surface area contributed by atoms with Gasteiger partial charge in [-0.05, 0) is 5.92 Å². The molecule has 0 aliphatic carbocycles. The SMILES string of the molecule is CC(C)c1nc(-c2cscn2)sc1CN. The molecule has 80 valence electrons. The zero-order chi connectivity index (χ0) is 10.8. The van der Waals surface area contributed by atoms with Crippen LogP contribution in [0.5, 0.6) is 0 Å². The van der Waals surface area contributed by atoms with Gasteiger partial charge in [0, 0.05) is 16.8 Å². The van der Waals surface area contributed by atoms with Crippen LogP contribution in [-0.4, -0.2) is 9.97 Å². The summed E-state index contributed by atoms with van der Waals surface area (Å²) in [5.74, 6) is 0.423. The van der Waals surface area contributed by atoms with Crippen LogP contribution < -0.4 is 5.73 Å². The third-order valence-corrected chi connectivity index (χ3v) is 3.81. The van der Waals surface area contributed by atoms with Crippen LogP contribution in [0.15, 0.2) is 10.9 Å². The van der Waals surface area contributed by atoms with Gasteiger partial charge in [-0.3, -0.25) is 0 Å². The Kier molecular flexibility index (Phi) is 3.14. The summed E-state index contributed by atoms with van der Waals surface area (Å²) in [4.78, 5) is 10.0. The van der Waals surface area contributed by atoms with Crippen LogP contribution in [0, 0.1) is 0 Å². The normalized spacial score (nSPS) is 11.2. The van der Waals surface area contributed by atoms with Crippen LogP contribution in [0.25, 0.3) is 10.7 Å². The maximum Gasteiger partial charge on any atom is 0.143 e. The molecule has 0 bridgehead atoms. The van der Waals surface area contributed by atoms with Crippen LogP contribution in [0.3, 0.4) is 0 Å². The fourth-order valence-electron chi connectivity index (χ4n) is 1.39. The lowest BCUT2D eigenvalue weighted by Crippen LogP contribution is -1.99. The van der Waals surface area contributed by atoms with Gasteiger partial charge in [-0.1, -0.05) is 13.8 Å². The molecule has 15 heavy (non-hydrogen) atoms. The highest BCUT2D eigenvalue weighted by Gasteiger charge is 2.14. The van der Waals surface area contributed by atoms with Crippen LogP contribution in [0.4, 0.5) is 0 Å². The number of rotatable bonds is 3. The summed E-state index contributed by atoms with van der Waals surface area (Å²) >= 11 is 3.24. The molecule has 0 fully saturated rings. The summed E-state index contributed by atoms with van der Waals surface area (Å²) in [5, 5.41) is 3.00. The number of hydrogen-bond acceptors (Lipinski definition) is 5. The summed E-state index contributed by atoms with van der Waals surface area (Å²) in [6, 6.07) is 0. The van der Waals surface area contributed by atoms with E-state index >= 15 is 0 Å². The molecule has 5 heteroatoms. The lowest BCUT2D eigenvalue weighted by molar-refractivity contribution is 0.813. The summed E-state index contributed by atoms with van der Waals surface area (Å²) in [6.07, 6.45) is 0. The van der Waals surface area contributed by atoms with E-state index in [2.05, 4.69) is 23.8 Å². The highest BCUT2D eigenvalue weighted by molar-refractivity contribution is 7.15. The standard InChI is InChI=1S/C10H13N3S2/c1-6(2)9-8(3-11)15-10(13-9)7-4-14-5-12-7/h4-6H,3,11H2,1-2H3. The molecule has 0 aliphatic rings. The summed E-state index contributed by atoms with van der Waals surface area (Å²) < 4.78 is 0. The molecule has 0 atom stereocenters. The number of aromatic nitrogens is 2. The molecule has 0 aliphatic heterocycles. The minimum atomic E-state index is 0.423. The van der Waals surface area contributed by atoms with Crippen molar-refractivity contribution in [3.05, 3.63) is 21.5 Å². The molecule has 0 amide bonds. The Bertz CT molecular complexity index is 431. The molecule has 2 heterocycles. The van der Waals surface area contributed by atoms with Crippen molar-refractivity contribution in [1.29, 1.82) is 0 Å². The second-order valence-electron chi connectivity index (χ2n) is 3.56. The van der Waals surface area contributed by atoms with Gasteiger partial charge in [-0.2, -0.15) is 0 Å². The molecular weight excluding hydrogens is 226 g/mol. The highest BCUT2D eigenvalue weighted by atomic mass is 32.1. The van der Waals surface area contributed by atoms with Crippen molar-refractivity contribution in [3.8, 4) is 10.7 Å². The van der Waals surface area contributed by atoms with Crippen molar-refractivity contribution in [2.75, 3.05) is 0 Å². The molecular formula is C10H13N3S2. The minimum Gasteiger partial charge on any atom is -0.326 e. The first-order chi connectivity index (χ1) is 7.22. The Hall–Kier alpha value is -0.780. The zero-order valence-electron chi connectivity index (χ0n) is 8.73. The van der Waals surface area contributed by atoms with E-state index in [1.807, 2.05) is 10.9 Å². The molecule has 3 nitrogen and oxygen atoms in total. The van der Waals surface area contributed by atoms with Crippen LogP contribution in [0.1, 0.15) is 30.3 Å². The topological polar surface area (TPSA) is 51.8 Å². The summed E-state index contributed by atoms with van der Waals surface area (Å²) in [6.45, 7) is 4.84. The molecule has 0 spiro atoms. The summed E-state index contributed by atoms with van der Waals surface area (Å²) in [7, 11) is 0. The third-order valence-electron chi connectivity index (χ3n) is 2.11. The van der Waals surface area contributed by atoms with Crippen molar-refractivity contribution in [2.24, 2.45) is 5.73 Å². The first-order valence-corrected chi connectivity index (χ1v) is 6.56.